The maximum absolute atomic E-state index is 12.1. The van der Waals surface area contributed by atoms with Gasteiger partial charge >= 0.3 is 12.1 Å². The summed E-state index contributed by atoms with van der Waals surface area (Å²) in [6.45, 7) is 5.99. The van der Waals surface area contributed by atoms with Gasteiger partial charge in [0.05, 0.1) is 25.0 Å². The summed E-state index contributed by atoms with van der Waals surface area (Å²) in [7, 11) is 1.32. The Balaban J connectivity index is 2.16. The van der Waals surface area contributed by atoms with Crippen LogP contribution in [-0.4, -0.2) is 49.8 Å². The number of anilines is 1. The number of esters is 1. The molecule has 0 spiro atoms. The highest BCUT2D eigenvalue weighted by Crippen LogP contribution is 2.26. The summed E-state index contributed by atoms with van der Waals surface area (Å²) < 4.78 is 9.49. The maximum atomic E-state index is 12.1. The Kier molecular flexibility index (Phi) is 7.70. The second-order valence-electron chi connectivity index (χ2n) is 6.24. The number of amides is 2. The third-order valence-corrected chi connectivity index (χ3v) is 4.23. The number of hydrogen-bond donors (Lipinski definition) is 1. The summed E-state index contributed by atoms with van der Waals surface area (Å²) in [6, 6.07) is 9.01. The monoisotopic (exact) mass is 399 g/mol. The highest BCUT2D eigenvalue weighted by atomic mass is 16.5. The third-order valence-electron chi connectivity index (χ3n) is 4.23. The number of methoxy groups -OCH3 is 1. The molecule has 0 fully saturated rings. The van der Waals surface area contributed by atoms with Crippen molar-refractivity contribution in [3.8, 4) is 11.3 Å². The molecule has 0 atom stereocenters. The van der Waals surface area contributed by atoms with E-state index >= 15 is 0 Å². The van der Waals surface area contributed by atoms with Crippen LogP contribution in [0.25, 0.3) is 11.3 Å². The molecule has 2 amide bonds. The average molecular weight is 399 g/mol. The first-order valence-electron chi connectivity index (χ1n) is 9.21. The second-order valence-corrected chi connectivity index (χ2v) is 6.24. The number of carbonyl (C=O) groups is 3. The van der Waals surface area contributed by atoms with Gasteiger partial charge in [-0.05, 0) is 43.7 Å². The molecular weight excluding hydrogens is 374 g/mol. The van der Waals surface area contributed by atoms with Crippen LogP contribution in [0.15, 0.2) is 36.5 Å². The molecule has 8 nitrogen and oxygen atoms in total. The molecular formula is C21H25N3O5. The van der Waals surface area contributed by atoms with Crippen LogP contribution in [0.3, 0.4) is 0 Å². The van der Waals surface area contributed by atoms with Gasteiger partial charge < -0.3 is 19.7 Å². The SMILES string of the molecule is CCOC(=O)NCCN(C(C)=O)c1ccc(-c2ccc(C(=O)OC)cn2)cc1C. The fraction of sp³-hybridized carbons (Fsp3) is 0.333. The lowest BCUT2D eigenvalue weighted by Gasteiger charge is -2.23. The molecule has 0 bridgehead atoms. The lowest BCUT2D eigenvalue weighted by molar-refractivity contribution is -0.116. The van der Waals surface area contributed by atoms with Crippen LogP contribution in [-0.2, 0) is 14.3 Å². The van der Waals surface area contributed by atoms with Crippen LogP contribution in [0.2, 0.25) is 0 Å². The van der Waals surface area contributed by atoms with Gasteiger partial charge in [0.25, 0.3) is 0 Å². The van der Waals surface area contributed by atoms with E-state index in [9.17, 15) is 14.4 Å². The first-order chi connectivity index (χ1) is 13.9. The van der Waals surface area contributed by atoms with Crippen molar-refractivity contribution in [2.24, 2.45) is 0 Å². The molecule has 1 aromatic carbocycles. The molecule has 2 rings (SSSR count). The molecule has 1 N–H and O–H groups in total. The Labute approximate surface area is 169 Å². The Hall–Kier alpha value is -3.42. The van der Waals surface area contributed by atoms with Gasteiger partial charge in [0.15, 0.2) is 0 Å². The molecule has 29 heavy (non-hydrogen) atoms. The molecule has 1 aromatic heterocycles. The normalized spacial score (nSPS) is 10.2. The molecule has 0 unspecified atom stereocenters. The molecule has 0 radical (unpaired) electrons. The molecule has 0 saturated heterocycles. The van der Waals surface area contributed by atoms with E-state index in [0.717, 1.165) is 16.8 Å². The largest absolute Gasteiger partial charge is 0.465 e. The van der Waals surface area contributed by atoms with E-state index in [0.29, 0.717) is 17.8 Å². The number of aryl methyl sites for hydroxylation is 1. The minimum absolute atomic E-state index is 0.132. The predicted molar refractivity (Wildman–Crippen MR) is 109 cm³/mol. The van der Waals surface area contributed by atoms with Crippen molar-refractivity contribution in [2.45, 2.75) is 20.8 Å². The number of nitrogens with one attached hydrogen (secondary N) is 1. The van der Waals surface area contributed by atoms with E-state index in [-0.39, 0.29) is 19.1 Å². The zero-order valence-electron chi connectivity index (χ0n) is 17.0. The zero-order chi connectivity index (χ0) is 21.4. The molecule has 154 valence electrons. The van der Waals surface area contributed by atoms with E-state index in [4.69, 9.17) is 4.74 Å². The molecule has 2 aromatic rings. The fourth-order valence-electron chi connectivity index (χ4n) is 2.82. The van der Waals surface area contributed by atoms with E-state index in [1.165, 1.54) is 20.2 Å². The van der Waals surface area contributed by atoms with Crippen LogP contribution in [0, 0.1) is 6.92 Å². The number of alkyl carbamates (subject to hydrolysis) is 1. The van der Waals surface area contributed by atoms with Crippen LogP contribution >= 0.6 is 0 Å². The smallest absolute Gasteiger partial charge is 0.407 e. The Bertz CT molecular complexity index is 880. The van der Waals surface area contributed by atoms with Gasteiger partial charge in [-0.15, -0.1) is 0 Å². The molecule has 0 aliphatic carbocycles. The van der Waals surface area contributed by atoms with Crippen molar-refractivity contribution in [1.82, 2.24) is 10.3 Å². The summed E-state index contributed by atoms with van der Waals surface area (Å²) in [5, 5.41) is 2.61. The molecule has 1 heterocycles. The molecule has 0 aliphatic heterocycles. The quantitative estimate of drug-likeness (QED) is 0.719. The lowest BCUT2D eigenvalue weighted by atomic mass is 10.0. The minimum atomic E-state index is -0.510. The third kappa shape index (κ3) is 5.78. The Morgan fingerprint density at radius 1 is 1.17 bits per heavy atom. The van der Waals surface area contributed by atoms with Crippen LogP contribution in [0.1, 0.15) is 29.8 Å². The second kappa shape index (κ2) is 10.2. The number of hydrogen-bond acceptors (Lipinski definition) is 6. The molecule has 0 saturated carbocycles. The van der Waals surface area contributed by atoms with Crippen molar-refractivity contribution in [1.29, 1.82) is 0 Å². The van der Waals surface area contributed by atoms with Crippen molar-refractivity contribution in [3.05, 3.63) is 47.7 Å². The lowest BCUT2D eigenvalue weighted by Crippen LogP contribution is -2.38. The Morgan fingerprint density at radius 3 is 2.48 bits per heavy atom. The highest BCUT2D eigenvalue weighted by Gasteiger charge is 2.15. The standard InChI is InChI=1S/C21H25N3O5/c1-5-29-21(27)22-10-11-24(15(3)25)19-9-7-16(12-14(19)2)18-8-6-17(13-23-18)20(26)28-4/h6-9,12-13H,5,10-11H2,1-4H3,(H,22,27). The van der Waals surface area contributed by atoms with Crippen molar-refractivity contribution < 1.29 is 23.9 Å². The van der Waals surface area contributed by atoms with Gasteiger partial charge in [-0.1, -0.05) is 6.07 Å². The number of benzene rings is 1. The summed E-state index contributed by atoms with van der Waals surface area (Å²) in [4.78, 5) is 41.0. The number of aromatic nitrogens is 1. The Morgan fingerprint density at radius 2 is 1.93 bits per heavy atom. The molecule has 0 aliphatic rings. The van der Waals surface area contributed by atoms with Crippen molar-refractivity contribution >= 4 is 23.7 Å². The van der Waals surface area contributed by atoms with E-state index in [1.807, 2.05) is 25.1 Å². The summed E-state index contributed by atoms with van der Waals surface area (Å²) in [5.74, 6) is -0.573. The summed E-state index contributed by atoms with van der Waals surface area (Å²) in [6.07, 6.45) is 0.956. The van der Waals surface area contributed by atoms with Crippen molar-refractivity contribution in [3.63, 3.8) is 0 Å². The maximum Gasteiger partial charge on any atom is 0.407 e. The van der Waals surface area contributed by atoms with Gasteiger partial charge in [-0.2, -0.15) is 0 Å². The number of carbonyl (C=O) groups excluding carboxylic acids is 3. The first-order valence-corrected chi connectivity index (χ1v) is 9.21. The summed E-state index contributed by atoms with van der Waals surface area (Å²) >= 11 is 0. The number of nitrogens with zero attached hydrogens (tertiary/aromatic N) is 2. The number of ether oxygens (including phenoxy) is 2. The topological polar surface area (TPSA) is 97.8 Å². The van der Waals surface area contributed by atoms with Crippen LogP contribution < -0.4 is 10.2 Å². The van der Waals surface area contributed by atoms with E-state index in [1.54, 1.807) is 24.0 Å². The van der Waals surface area contributed by atoms with Gasteiger partial charge in [-0.3, -0.25) is 9.78 Å². The number of rotatable bonds is 7. The zero-order valence-corrected chi connectivity index (χ0v) is 17.0. The van der Waals surface area contributed by atoms with Gasteiger partial charge in [-0.25, -0.2) is 9.59 Å². The molecule has 8 heteroatoms. The first kappa shape index (κ1) is 21.9. The number of pyridine rings is 1. The summed E-state index contributed by atoms with van der Waals surface area (Å²) in [5.41, 5.74) is 3.56. The minimum Gasteiger partial charge on any atom is -0.465 e. The highest BCUT2D eigenvalue weighted by molar-refractivity contribution is 5.93. The van der Waals surface area contributed by atoms with Crippen LogP contribution in [0.4, 0.5) is 10.5 Å². The predicted octanol–water partition coefficient (Wildman–Crippen LogP) is 2.94. The van der Waals surface area contributed by atoms with Gasteiger partial charge in [0.1, 0.15) is 0 Å². The van der Waals surface area contributed by atoms with Crippen LogP contribution in [0.5, 0.6) is 0 Å². The average Bonchev–Trinajstić information content (AvgIpc) is 2.71. The van der Waals surface area contributed by atoms with E-state index < -0.39 is 12.1 Å². The van der Waals surface area contributed by atoms with Gasteiger partial charge in [0, 0.05) is 37.5 Å². The van der Waals surface area contributed by atoms with Crippen molar-refractivity contribution in [2.75, 3.05) is 31.7 Å². The fourth-order valence-corrected chi connectivity index (χ4v) is 2.82. The van der Waals surface area contributed by atoms with E-state index in [2.05, 4.69) is 15.0 Å². The van der Waals surface area contributed by atoms with Gasteiger partial charge in [0.2, 0.25) is 5.91 Å².